The van der Waals surface area contributed by atoms with Crippen molar-refractivity contribution in [2.45, 2.75) is 20.4 Å². The third-order valence-corrected chi connectivity index (χ3v) is 4.81. The molecule has 0 unspecified atom stereocenters. The number of aromatic nitrogens is 2. The SMILES string of the molecule is CCOc1ccc2c(c1)c1cc3nc(Cl)c(C=O)cc3cc1n2CC. The lowest BCUT2D eigenvalue weighted by atomic mass is 10.1. The van der Waals surface area contributed by atoms with Crippen LogP contribution in [0.25, 0.3) is 32.7 Å². The van der Waals surface area contributed by atoms with Gasteiger partial charge in [0.1, 0.15) is 10.9 Å². The van der Waals surface area contributed by atoms with Crippen LogP contribution < -0.4 is 4.74 Å². The van der Waals surface area contributed by atoms with Crippen LogP contribution in [0.1, 0.15) is 24.2 Å². The molecule has 0 amide bonds. The second kappa shape index (κ2) is 6.05. The van der Waals surface area contributed by atoms with Crippen LogP contribution in [0.4, 0.5) is 0 Å². The zero-order valence-electron chi connectivity index (χ0n) is 14.0. The largest absolute Gasteiger partial charge is 0.494 e. The van der Waals surface area contributed by atoms with E-state index in [-0.39, 0.29) is 5.15 Å². The van der Waals surface area contributed by atoms with E-state index in [0.29, 0.717) is 12.2 Å². The first kappa shape index (κ1) is 15.9. The van der Waals surface area contributed by atoms with Gasteiger partial charge in [0.15, 0.2) is 6.29 Å². The second-order valence-electron chi connectivity index (χ2n) is 5.90. The molecule has 0 N–H and O–H groups in total. The number of fused-ring (bicyclic) bond motifs is 4. The summed E-state index contributed by atoms with van der Waals surface area (Å²) in [5.41, 5.74) is 3.45. The minimum atomic E-state index is 0.232. The van der Waals surface area contributed by atoms with Gasteiger partial charge in [-0.2, -0.15) is 0 Å². The zero-order valence-corrected chi connectivity index (χ0v) is 14.8. The number of aldehydes is 1. The second-order valence-corrected chi connectivity index (χ2v) is 6.26. The van der Waals surface area contributed by atoms with Crippen LogP contribution in [0.15, 0.2) is 36.4 Å². The molecule has 2 heterocycles. The number of pyridine rings is 1. The molecule has 0 aliphatic carbocycles. The van der Waals surface area contributed by atoms with Crippen molar-refractivity contribution in [2.75, 3.05) is 6.61 Å². The van der Waals surface area contributed by atoms with Crippen molar-refractivity contribution in [3.63, 3.8) is 0 Å². The standard InChI is InChI=1S/C20H17ClN2O2/c1-3-23-18-6-5-14(25-4-2)9-15(18)16-10-17-12(8-19(16)23)7-13(11-24)20(21)22-17/h5-11H,3-4H2,1-2H3. The highest BCUT2D eigenvalue weighted by Crippen LogP contribution is 2.34. The smallest absolute Gasteiger partial charge is 0.153 e. The Bertz CT molecular complexity index is 1130. The molecular weight excluding hydrogens is 336 g/mol. The Balaban J connectivity index is 2.11. The fourth-order valence-electron chi connectivity index (χ4n) is 3.42. The third kappa shape index (κ3) is 2.45. The molecule has 126 valence electrons. The Morgan fingerprint density at radius 2 is 1.92 bits per heavy atom. The van der Waals surface area contributed by atoms with Gasteiger partial charge >= 0.3 is 0 Å². The molecule has 0 saturated carbocycles. The molecule has 0 fully saturated rings. The van der Waals surface area contributed by atoms with Crippen LogP contribution >= 0.6 is 11.6 Å². The van der Waals surface area contributed by atoms with Gasteiger partial charge in [0.25, 0.3) is 0 Å². The fourth-order valence-corrected chi connectivity index (χ4v) is 3.61. The summed E-state index contributed by atoms with van der Waals surface area (Å²) in [5, 5.41) is 3.37. The van der Waals surface area contributed by atoms with Crippen LogP contribution in [-0.2, 0) is 6.54 Å². The van der Waals surface area contributed by atoms with E-state index < -0.39 is 0 Å². The van der Waals surface area contributed by atoms with Gasteiger partial charge in [0, 0.05) is 33.7 Å². The van der Waals surface area contributed by atoms with E-state index in [1.54, 1.807) is 6.07 Å². The Labute approximate surface area is 150 Å². The van der Waals surface area contributed by atoms with Gasteiger partial charge in [0.2, 0.25) is 0 Å². The topological polar surface area (TPSA) is 44.1 Å². The third-order valence-electron chi connectivity index (χ3n) is 4.51. The van der Waals surface area contributed by atoms with Crippen LogP contribution in [0, 0.1) is 0 Å². The van der Waals surface area contributed by atoms with Crippen molar-refractivity contribution in [1.82, 2.24) is 9.55 Å². The van der Waals surface area contributed by atoms with Gasteiger partial charge < -0.3 is 9.30 Å². The van der Waals surface area contributed by atoms with Gasteiger partial charge in [-0.1, -0.05) is 11.6 Å². The average molecular weight is 353 g/mol. The molecule has 0 bridgehead atoms. The van der Waals surface area contributed by atoms with E-state index in [0.717, 1.165) is 51.3 Å². The number of rotatable bonds is 4. The highest BCUT2D eigenvalue weighted by Gasteiger charge is 2.13. The Morgan fingerprint density at radius 3 is 2.64 bits per heavy atom. The lowest BCUT2D eigenvalue weighted by Gasteiger charge is -2.05. The molecule has 4 rings (SSSR count). The quantitative estimate of drug-likeness (QED) is 0.373. The zero-order chi connectivity index (χ0) is 17.6. The molecule has 0 atom stereocenters. The average Bonchev–Trinajstić information content (AvgIpc) is 2.91. The number of hydrogen-bond acceptors (Lipinski definition) is 3. The van der Waals surface area contributed by atoms with E-state index in [1.165, 1.54) is 0 Å². The Morgan fingerprint density at radius 1 is 1.12 bits per heavy atom. The van der Waals surface area contributed by atoms with Crippen molar-refractivity contribution in [3.8, 4) is 5.75 Å². The van der Waals surface area contributed by atoms with Crippen molar-refractivity contribution >= 4 is 50.6 Å². The van der Waals surface area contributed by atoms with Gasteiger partial charge in [-0.25, -0.2) is 4.98 Å². The molecule has 4 nitrogen and oxygen atoms in total. The van der Waals surface area contributed by atoms with E-state index >= 15 is 0 Å². The molecule has 0 saturated heterocycles. The van der Waals surface area contributed by atoms with Gasteiger partial charge in [-0.3, -0.25) is 4.79 Å². The molecule has 4 aromatic rings. The number of halogens is 1. The van der Waals surface area contributed by atoms with Crippen molar-refractivity contribution in [1.29, 1.82) is 0 Å². The number of carbonyl (C=O) groups excluding carboxylic acids is 1. The number of nitrogens with zero attached hydrogens (tertiary/aromatic N) is 2. The predicted octanol–water partition coefficient (Wildman–Crippen LogP) is 5.23. The van der Waals surface area contributed by atoms with Crippen LogP contribution in [-0.4, -0.2) is 22.4 Å². The summed E-state index contributed by atoms with van der Waals surface area (Å²) >= 11 is 6.10. The summed E-state index contributed by atoms with van der Waals surface area (Å²) in [5.74, 6) is 0.854. The molecule has 25 heavy (non-hydrogen) atoms. The molecule has 0 aliphatic heterocycles. The summed E-state index contributed by atoms with van der Waals surface area (Å²) in [4.78, 5) is 15.5. The van der Waals surface area contributed by atoms with Gasteiger partial charge in [-0.15, -0.1) is 0 Å². The molecular formula is C20H17ClN2O2. The Kier molecular flexibility index (Phi) is 3.85. The summed E-state index contributed by atoms with van der Waals surface area (Å²) in [6.45, 7) is 5.58. The summed E-state index contributed by atoms with van der Waals surface area (Å²) in [6, 6.07) is 12.1. The minimum Gasteiger partial charge on any atom is -0.494 e. The number of benzene rings is 2. The monoisotopic (exact) mass is 352 g/mol. The first-order valence-corrected chi connectivity index (χ1v) is 8.68. The van der Waals surface area contributed by atoms with Gasteiger partial charge in [0.05, 0.1) is 17.7 Å². The molecule has 5 heteroatoms. The van der Waals surface area contributed by atoms with Crippen LogP contribution in [0.2, 0.25) is 5.15 Å². The lowest BCUT2D eigenvalue weighted by molar-refractivity contribution is 0.112. The summed E-state index contributed by atoms with van der Waals surface area (Å²) in [6.07, 6.45) is 0.739. The highest BCUT2D eigenvalue weighted by atomic mass is 35.5. The van der Waals surface area contributed by atoms with Crippen molar-refractivity contribution in [3.05, 3.63) is 47.1 Å². The number of hydrogen-bond donors (Lipinski definition) is 0. The van der Waals surface area contributed by atoms with E-state index in [1.807, 2.05) is 19.1 Å². The highest BCUT2D eigenvalue weighted by molar-refractivity contribution is 6.32. The first-order valence-electron chi connectivity index (χ1n) is 8.30. The molecule has 0 aliphatic rings. The minimum absolute atomic E-state index is 0.232. The summed E-state index contributed by atoms with van der Waals surface area (Å²) in [7, 11) is 0. The normalized spacial score (nSPS) is 11.5. The van der Waals surface area contributed by atoms with E-state index in [2.05, 4.69) is 34.7 Å². The van der Waals surface area contributed by atoms with Crippen molar-refractivity contribution < 1.29 is 9.53 Å². The number of ether oxygens (including phenoxy) is 1. The van der Waals surface area contributed by atoms with Crippen LogP contribution in [0.5, 0.6) is 5.75 Å². The number of carbonyl (C=O) groups is 1. The van der Waals surface area contributed by atoms with Crippen molar-refractivity contribution in [2.24, 2.45) is 0 Å². The summed E-state index contributed by atoms with van der Waals surface area (Å²) < 4.78 is 7.92. The molecule has 2 aromatic carbocycles. The molecule has 0 spiro atoms. The van der Waals surface area contributed by atoms with E-state index in [4.69, 9.17) is 16.3 Å². The fraction of sp³-hybridized carbons (Fsp3) is 0.200. The Hall–Kier alpha value is -2.59. The maximum atomic E-state index is 11.2. The molecule has 2 aromatic heterocycles. The van der Waals surface area contributed by atoms with E-state index in [9.17, 15) is 4.79 Å². The lowest BCUT2D eigenvalue weighted by Crippen LogP contribution is -1.94. The first-order chi connectivity index (χ1) is 12.2. The van der Waals surface area contributed by atoms with Crippen LogP contribution in [0.3, 0.4) is 0 Å². The van der Waals surface area contributed by atoms with Gasteiger partial charge in [-0.05, 0) is 50.2 Å². The number of aryl methyl sites for hydroxylation is 1. The predicted molar refractivity (Wildman–Crippen MR) is 102 cm³/mol. The maximum Gasteiger partial charge on any atom is 0.153 e. The molecule has 0 radical (unpaired) electrons. The maximum absolute atomic E-state index is 11.2.